The molecule has 0 aliphatic heterocycles. The second-order valence-corrected chi connectivity index (χ2v) is 4.57. The van der Waals surface area contributed by atoms with Gasteiger partial charge in [-0.1, -0.05) is 12.0 Å². The average molecular weight is 238 g/mol. The molecule has 0 saturated heterocycles. The summed E-state index contributed by atoms with van der Waals surface area (Å²) < 4.78 is 2.00. The molecule has 1 nitrogen and oxygen atoms in total. The van der Waals surface area contributed by atoms with Crippen LogP contribution < -0.4 is 0 Å². The molecule has 0 saturated carbocycles. The summed E-state index contributed by atoms with van der Waals surface area (Å²) in [5.41, 5.74) is 1.77. The van der Waals surface area contributed by atoms with Gasteiger partial charge in [-0.05, 0) is 28.1 Å². The summed E-state index contributed by atoms with van der Waals surface area (Å²) in [4.78, 5) is 4.28. The first-order valence-corrected chi connectivity index (χ1v) is 4.94. The van der Waals surface area contributed by atoms with E-state index in [2.05, 4.69) is 26.8 Å². The Morgan fingerprint density at radius 3 is 3.08 bits per heavy atom. The molecule has 1 aromatic heterocycles. The monoisotopic (exact) mass is 237 g/mol. The number of benzene rings is 1. The minimum absolute atomic E-state index is 0.856. The lowest BCUT2D eigenvalue weighted by Gasteiger charge is -1.89. The number of halogens is 1. The van der Waals surface area contributed by atoms with Crippen LogP contribution in [0.4, 0.5) is 0 Å². The molecular weight excluding hydrogens is 234 g/mol. The molecular formula is C9H4BrNS. The molecule has 12 heavy (non-hydrogen) atoms. The number of nitrogens with zero attached hydrogens (tertiary/aromatic N) is 1. The molecule has 0 spiro atoms. The number of terminal acetylenes is 1. The van der Waals surface area contributed by atoms with Gasteiger partial charge in [0.15, 0.2) is 3.92 Å². The highest BCUT2D eigenvalue weighted by atomic mass is 79.9. The molecule has 0 N–H and O–H groups in total. The number of rotatable bonds is 0. The molecule has 0 amide bonds. The minimum atomic E-state index is 0.856. The van der Waals surface area contributed by atoms with E-state index in [1.165, 1.54) is 0 Å². The van der Waals surface area contributed by atoms with E-state index in [-0.39, 0.29) is 0 Å². The fraction of sp³-hybridized carbons (Fsp3) is 0. The highest BCUT2D eigenvalue weighted by molar-refractivity contribution is 9.11. The molecule has 58 valence electrons. The Kier molecular flexibility index (Phi) is 1.87. The molecule has 3 heteroatoms. The molecule has 1 aromatic carbocycles. The lowest BCUT2D eigenvalue weighted by molar-refractivity contribution is 1.44. The van der Waals surface area contributed by atoms with Crippen molar-refractivity contribution in [2.75, 3.05) is 0 Å². The van der Waals surface area contributed by atoms with Gasteiger partial charge in [-0.3, -0.25) is 0 Å². The Morgan fingerprint density at radius 1 is 1.50 bits per heavy atom. The van der Waals surface area contributed by atoms with Crippen molar-refractivity contribution in [3.63, 3.8) is 0 Å². The first-order valence-electron chi connectivity index (χ1n) is 3.33. The van der Waals surface area contributed by atoms with Gasteiger partial charge in [-0.15, -0.1) is 17.8 Å². The van der Waals surface area contributed by atoms with Gasteiger partial charge in [0.1, 0.15) is 0 Å². The van der Waals surface area contributed by atoms with Gasteiger partial charge in [-0.25, -0.2) is 4.98 Å². The molecule has 0 aliphatic rings. The van der Waals surface area contributed by atoms with Crippen LogP contribution in [0.1, 0.15) is 5.56 Å². The molecule has 0 radical (unpaired) electrons. The molecule has 0 aliphatic carbocycles. The number of fused-ring (bicyclic) bond motifs is 1. The van der Waals surface area contributed by atoms with Crippen LogP contribution in [-0.4, -0.2) is 4.98 Å². The van der Waals surface area contributed by atoms with Crippen molar-refractivity contribution in [1.29, 1.82) is 0 Å². The summed E-state index contributed by atoms with van der Waals surface area (Å²) >= 11 is 4.92. The van der Waals surface area contributed by atoms with Crippen molar-refractivity contribution in [1.82, 2.24) is 4.98 Å². The van der Waals surface area contributed by atoms with Crippen LogP contribution in [0.2, 0.25) is 0 Å². The predicted octanol–water partition coefficient (Wildman–Crippen LogP) is 3.04. The lowest BCUT2D eigenvalue weighted by atomic mass is 10.2. The zero-order valence-electron chi connectivity index (χ0n) is 6.04. The van der Waals surface area contributed by atoms with Gasteiger partial charge in [0, 0.05) is 0 Å². The average Bonchev–Trinajstić information content (AvgIpc) is 2.44. The van der Waals surface area contributed by atoms with Crippen LogP contribution >= 0.6 is 27.3 Å². The van der Waals surface area contributed by atoms with Gasteiger partial charge in [-0.2, -0.15) is 0 Å². The van der Waals surface area contributed by atoms with Gasteiger partial charge < -0.3 is 0 Å². The normalized spacial score (nSPS) is 10.0. The van der Waals surface area contributed by atoms with E-state index in [9.17, 15) is 0 Å². The number of thiazole rings is 1. The smallest absolute Gasteiger partial charge is 0.160 e. The van der Waals surface area contributed by atoms with Crippen molar-refractivity contribution in [3.05, 3.63) is 27.7 Å². The van der Waals surface area contributed by atoms with Crippen LogP contribution in [0.25, 0.3) is 10.2 Å². The predicted molar refractivity (Wildman–Crippen MR) is 55.3 cm³/mol. The fourth-order valence-corrected chi connectivity index (χ4v) is 2.46. The second-order valence-electron chi connectivity index (χ2n) is 2.26. The van der Waals surface area contributed by atoms with Crippen molar-refractivity contribution >= 4 is 37.5 Å². The topological polar surface area (TPSA) is 12.9 Å². The van der Waals surface area contributed by atoms with E-state index in [0.29, 0.717) is 0 Å². The van der Waals surface area contributed by atoms with Gasteiger partial charge in [0.2, 0.25) is 0 Å². The van der Waals surface area contributed by atoms with E-state index in [4.69, 9.17) is 6.42 Å². The van der Waals surface area contributed by atoms with Crippen LogP contribution in [0.15, 0.2) is 22.1 Å². The summed E-state index contributed by atoms with van der Waals surface area (Å²) in [7, 11) is 0. The fourth-order valence-electron chi connectivity index (χ4n) is 1.04. The zero-order chi connectivity index (χ0) is 8.55. The summed E-state index contributed by atoms with van der Waals surface area (Å²) in [6.45, 7) is 0. The lowest BCUT2D eigenvalue weighted by Crippen LogP contribution is -1.75. The van der Waals surface area contributed by atoms with Crippen LogP contribution in [0.5, 0.6) is 0 Å². The Bertz CT molecular complexity index is 467. The molecule has 2 rings (SSSR count). The number of para-hydroxylation sites is 1. The summed E-state index contributed by atoms with van der Waals surface area (Å²) in [5.74, 6) is 2.61. The van der Waals surface area contributed by atoms with E-state index in [1.54, 1.807) is 11.3 Å². The third-order valence-electron chi connectivity index (χ3n) is 1.55. The van der Waals surface area contributed by atoms with Crippen LogP contribution in [0.3, 0.4) is 0 Å². The molecule has 0 bridgehead atoms. The Balaban J connectivity index is 2.89. The van der Waals surface area contributed by atoms with Gasteiger partial charge in [0.25, 0.3) is 0 Å². The highest BCUT2D eigenvalue weighted by Crippen LogP contribution is 2.27. The number of aromatic nitrogens is 1. The maximum Gasteiger partial charge on any atom is 0.160 e. The van der Waals surface area contributed by atoms with Gasteiger partial charge >= 0.3 is 0 Å². The van der Waals surface area contributed by atoms with E-state index in [1.807, 2.05) is 18.2 Å². The quantitative estimate of drug-likeness (QED) is 0.643. The second kappa shape index (κ2) is 2.89. The van der Waals surface area contributed by atoms with Crippen molar-refractivity contribution in [2.45, 2.75) is 0 Å². The molecule has 0 atom stereocenters. The molecule has 0 unspecified atom stereocenters. The van der Waals surface area contributed by atoms with E-state index in [0.717, 1.165) is 19.7 Å². The largest absolute Gasteiger partial charge is 0.228 e. The zero-order valence-corrected chi connectivity index (χ0v) is 8.45. The summed E-state index contributed by atoms with van der Waals surface area (Å²) in [6.07, 6.45) is 5.32. The Hall–Kier alpha value is -0.850. The number of hydrogen-bond donors (Lipinski definition) is 0. The van der Waals surface area contributed by atoms with Gasteiger partial charge in [0.05, 0.1) is 15.8 Å². The molecule has 2 aromatic rings. The SMILES string of the molecule is C#Cc1cccc2sc(Br)nc12. The first kappa shape index (κ1) is 7.78. The minimum Gasteiger partial charge on any atom is -0.228 e. The number of hydrogen-bond acceptors (Lipinski definition) is 2. The van der Waals surface area contributed by atoms with Crippen molar-refractivity contribution in [2.24, 2.45) is 0 Å². The molecule has 1 heterocycles. The molecule has 0 fully saturated rings. The third-order valence-corrected chi connectivity index (χ3v) is 3.02. The maximum atomic E-state index is 5.32. The maximum absolute atomic E-state index is 5.32. The first-order chi connectivity index (χ1) is 5.81. The highest BCUT2D eigenvalue weighted by Gasteiger charge is 2.03. The summed E-state index contributed by atoms with van der Waals surface area (Å²) in [6, 6.07) is 5.86. The Morgan fingerprint density at radius 2 is 2.33 bits per heavy atom. The third kappa shape index (κ3) is 1.13. The van der Waals surface area contributed by atoms with E-state index < -0.39 is 0 Å². The van der Waals surface area contributed by atoms with Crippen LogP contribution in [0, 0.1) is 12.3 Å². The van der Waals surface area contributed by atoms with Crippen molar-refractivity contribution < 1.29 is 0 Å². The Labute approximate surface area is 82.6 Å². The van der Waals surface area contributed by atoms with E-state index >= 15 is 0 Å². The van der Waals surface area contributed by atoms with Crippen molar-refractivity contribution in [3.8, 4) is 12.3 Å². The standard InChI is InChI=1S/C9H4BrNS/c1-2-6-4-3-5-7-8(6)11-9(10)12-7/h1,3-5H. The van der Waals surface area contributed by atoms with Crippen LogP contribution in [-0.2, 0) is 0 Å². The summed E-state index contributed by atoms with van der Waals surface area (Å²) in [5, 5.41) is 0.